The summed E-state index contributed by atoms with van der Waals surface area (Å²) in [7, 11) is 0. The second-order valence-corrected chi connectivity index (χ2v) is 3.45. The van der Waals surface area contributed by atoms with Crippen molar-refractivity contribution in [2.45, 2.75) is 12.8 Å². The van der Waals surface area contributed by atoms with Crippen molar-refractivity contribution >= 4 is 0 Å². The molecule has 0 atom stereocenters. The lowest BCUT2D eigenvalue weighted by Crippen LogP contribution is -2.05. The van der Waals surface area contributed by atoms with Gasteiger partial charge in [-0.3, -0.25) is 10.1 Å². The van der Waals surface area contributed by atoms with Crippen LogP contribution in [0.15, 0.2) is 30.7 Å². The molecule has 0 aliphatic carbocycles. The molecule has 4 nitrogen and oxygen atoms in total. The number of nitrogens with two attached hydrogens (primary N) is 1. The minimum Gasteiger partial charge on any atom is -0.330 e. The Morgan fingerprint density at radius 2 is 2.27 bits per heavy atom. The van der Waals surface area contributed by atoms with Gasteiger partial charge in [0, 0.05) is 30.9 Å². The predicted molar refractivity (Wildman–Crippen MR) is 58.4 cm³/mol. The summed E-state index contributed by atoms with van der Waals surface area (Å²) in [5, 5.41) is 7.01. The first-order chi connectivity index (χ1) is 7.40. The minimum absolute atomic E-state index is 0.641. The molecule has 2 aromatic heterocycles. The highest BCUT2D eigenvalue weighted by atomic mass is 15.1. The van der Waals surface area contributed by atoms with Gasteiger partial charge in [-0.15, -0.1) is 0 Å². The summed E-state index contributed by atoms with van der Waals surface area (Å²) in [5.41, 5.74) is 9.04. The summed E-state index contributed by atoms with van der Waals surface area (Å²) >= 11 is 0. The molecule has 0 spiro atoms. The minimum atomic E-state index is 0.641. The van der Waals surface area contributed by atoms with Crippen LogP contribution in [-0.4, -0.2) is 21.7 Å². The average Bonchev–Trinajstić information content (AvgIpc) is 2.68. The number of nitrogens with one attached hydrogen (secondary N) is 1. The van der Waals surface area contributed by atoms with Crippen molar-refractivity contribution in [3.05, 3.63) is 47.5 Å². The van der Waals surface area contributed by atoms with E-state index in [1.54, 1.807) is 6.20 Å². The maximum atomic E-state index is 5.52. The van der Waals surface area contributed by atoms with Crippen LogP contribution in [0.4, 0.5) is 0 Å². The second kappa shape index (κ2) is 4.70. The van der Waals surface area contributed by atoms with Crippen LogP contribution < -0.4 is 5.73 Å². The smallest absolute Gasteiger partial charge is 0.0525 e. The molecule has 0 aliphatic heterocycles. The molecule has 0 saturated heterocycles. The molecular weight excluding hydrogens is 188 g/mol. The zero-order valence-corrected chi connectivity index (χ0v) is 8.48. The zero-order valence-electron chi connectivity index (χ0n) is 8.48. The lowest BCUT2D eigenvalue weighted by molar-refractivity contribution is 0.889. The molecule has 3 N–H and O–H groups in total. The third-order valence-corrected chi connectivity index (χ3v) is 2.32. The standard InChI is InChI=1S/C11H14N4/c12-4-3-11-10(8-14-15-11)6-9-2-1-5-13-7-9/h1-2,5,7-8H,3-4,6,12H2,(H,14,15). The Bertz CT molecular complexity index is 408. The molecule has 15 heavy (non-hydrogen) atoms. The third kappa shape index (κ3) is 2.41. The summed E-state index contributed by atoms with van der Waals surface area (Å²) in [6.07, 6.45) is 7.21. The van der Waals surface area contributed by atoms with Gasteiger partial charge in [-0.05, 0) is 23.7 Å². The maximum Gasteiger partial charge on any atom is 0.0525 e. The summed E-state index contributed by atoms with van der Waals surface area (Å²) in [4.78, 5) is 4.09. The van der Waals surface area contributed by atoms with E-state index in [2.05, 4.69) is 21.2 Å². The largest absolute Gasteiger partial charge is 0.330 e. The van der Waals surface area contributed by atoms with Crippen LogP contribution in [0.1, 0.15) is 16.8 Å². The highest BCUT2D eigenvalue weighted by Crippen LogP contribution is 2.11. The Hall–Kier alpha value is -1.68. The Morgan fingerprint density at radius 1 is 1.33 bits per heavy atom. The van der Waals surface area contributed by atoms with Gasteiger partial charge < -0.3 is 5.73 Å². The SMILES string of the molecule is NCCc1[nH]ncc1Cc1cccnc1. The van der Waals surface area contributed by atoms with Crippen molar-refractivity contribution in [2.24, 2.45) is 5.73 Å². The van der Waals surface area contributed by atoms with E-state index < -0.39 is 0 Å². The number of hydrogen-bond donors (Lipinski definition) is 2. The molecule has 2 heterocycles. The van der Waals surface area contributed by atoms with Crippen molar-refractivity contribution in [2.75, 3.05) is 6.54 Å². The molecule has 0 unspecified atom stereocenters. The Labute approximate surface area is 88.5 Å². The summed E-state index contributed by atoms with van der Waals surface area (Å²) < 4.78 is 0. The molecule has 0 fully saturated rings. The summed E-state index contributed by atoms with van der Waals surface area (Å²) in [6, 6.07) is 4.00. The molecule has 78 valence electrons. The Morgan fingerprint density at radius 3 is 3.00 bits per heavy atom. The molecule has 0 aromatic carbocycles. The maximum absolute atomic E-state index is 5.52. The molecule has 2 rings (SSSR count). The zero-order chi connectivity index (χ0) is 10.5. The average molecular weight is 202 g/mol. The highest BCUT2D eigenvalue weighted by molar-refractivity contribution is 5.25. The number of hydrogen-bond acceptors (Lipinski definition) is 3. The normalized spacial score (nSPS) is 10.5. The number of H-pyrrole nitrogens is 1. The van der Waals surface area contributed by atoms with Gasteiger partial charge in [0.15, 0.2) is 0 Å². The van der Waals surface area contributed by atoms with Crippen LogP contribution >= 0.6 is 0 Å². The fraction of sp³-hybridized carbons (Fsp3) is 0.273. The van der Waals surface area contributed by atoms with E-state index in [1.807, 2.05) is 18.5 Å². The highest BCUT2D eigenvalue weighted by Gasteiger charge is 2.04. The van der Waals surface area contributed by atoms with Crippen LogP contribution in [0.3, 0.4) is 0 Å². The van der Waals surface area contributed by atoms with Crippen molar-refractivity contribution in [1.29, 1.82) is 0 Å². The van der Waals surface area contributed by atoms with Crippen LogP contribution in [0.25, 0.3) is 0 Å². The molecule has 2 aromatic rings. The lowest BCUT2D eigenvalue weighted by Gasteiger charge is -2.01. The van der Waals surface area contributed by atoms with E-state index >= 15 is 0 Å². The van der Waals surface area contributed by atoms with E-state index in [0.717, 1.165) is 18.5 Å². The monoisotopic (exact) mass is 202 g/mol. The number of pyridine rings is 1. The number of aromatic amines is 1. The molecule has 0 radical (unpaired) electrons. The predicted octanol–water partition coefficient (Wildman–Crippen LogP) is 0.897. The first-order valence-electron chi connectivity index (χ1n) is 5.00. The van der Waals surface area contributed by atoms with Crippen LogP contribution in [0.5, 0.6) is 0 Å². The summed E-state index contributed by atoms with van der Waals surface area (Å²) in [5.74, 6) is 0. The van der Waals surface area contributed by atoms with E-state index in [0.29, 0.717) is 6.54 Å². The van der Waals surface area contributed by atoms with E-state index in [9.17, 15) is 0 Å². The lowest BCUT2D eigenvalue weighted by atomic mass is 10.1. The molecule has 0 saturated carbocycles. The van der Waals surface area contributed by atoms with Crippen molar-refractivity contribution < 1.29 is 0 Å². The number of aromatic nitrogens is 3. The molecule has 0 bridgehead atoms. The molecule has 0 amide bonds. The van der Waals surface area contributed by atoms with E-state index in [4.69, 9.17) is 5.73 Å². The van der Waals surface area contributed by atoms with Crippen LogP contribution in [0, 0.1) is 0 Å². The van der Waals surface area contributed by atoms with Crippen molar-refractivity contribution in [3.63, 3.8) is 0 Å². The van der Waals surface area contributed by atoms with Gasteiger partial charge in [-0.1, -0.05) is 6.07 Å². The van der Waals surface area contributed by atoms with Crippen LogP contribution in [0.2, 0.25) is 0 Å². The molecule has 4 heteroatoms. The van der Waals surface area contributed by atoms with Crippen LogP contribution in [-0.2, 0) is 12.8 Å². The Kier molecular flexibility index (Phi) is 3.09. The molecule has 0 aliphatic rings. The van der Waals surface area contributed by atoms with Gasteiger partial charge in [0.1, 0.15) is 0 Å². The van der Waals surface area contributed by atoms with Gasteiger partial charge in [-0.2, -0.15) is 5.10 Å². The molecular formula is C11H14N4. The van der Waals surface area contributed by atoms with Gasteiger partial charge in [-0.25, -0.2) is 0 Å². The van der Waals surface area contributed by atoms with Crippen molar-refractivity contribution in [3.8, 4) is 0 Å². The van der Waals surface area contributed by atoms with Gasteiger partial charge >= 0.3 is 0 Å². The third-order valence-electron chi connectivity index (χ3n) is 2.32. The first kappa shape index (κ1) is 9.86. The summed E-state index contributed by atoms with van der Waals surface area (Å²) in [6.45, 7) is 0.641. The van der Waals surface area contributed by atoms with Crippen molar-refractivity contribution in [1.82, 2.24) is 15.2 Å². The van der Waals surface area contributed by atoms with E-state index in [-0.39, 0.29) is 0 Å². The fourth-order valence-corrected chi connectivity index (χ4v) is 1.57. The second-order valence-electron chi connectivity index (χ2n) is 3.45. The first-order valence-corrected chi connectivity index (χ1v) is 5.00. The number of nitrogens with zero attached hydrogens (tertiary/aromatic N) is 2. The van der Waals surface area contributed by atoms with Gasteiger partial charge in [0.2, 0.25) is 0 Å². The van der Waals surface area contributed by atoms with E-state index in [1.165, 1.54) is 11.1 Å². The van der Waals surface area contributed by atoms with Gasteiger partial charge in [0.05, 0.1) is 6.20 Å². The number of rotatable bonds is 4. The van der Waals surface area contributed by atoms with Gasteiger partial charge in [0.25, 0.3) is 0 Å². The fourth-order valence-electron chi connectivity index (χ4n) is 1.57. The Balaban J connectivity index is 2.14. The topological polar surface area (TPSA) is 67.6 Å². The quantitative estimate of drug-likeness (QED) is 0.774.